The Labute approximate surface area is 160 Å². The summed E-state index contributed by atoms with van der Waals surface area (Å²) in [4.78, 5) is 15.8. The van der Waals surface area contributed by atoms with Gasteiger partial charge in [-0.25, -0.2) is 0 Å². The number of para-hydroxylation sites is 1. The molecule has 1 unspecified atom stereocenters. The van der Waals surface area contributed by atoms with Crippen molar-refractivity contribution in [2.45, 2.75) is 33.1 Å². The van der Waals surface area contributed by atoms with E-state index in [1.807, 2.05) is 24.3 Å². The zero-order valence-electron chi connectivity index (χ0n) is 16.3. The van der Waals surface area contributed by atoms with Crippen molar-refractivity contribution < 1.29 is 9.53 Å². The maximum atomic E-state index is 12.3. The Hall–Kier alpha value is -2.75. The summed E-state index contributed by atoms with van der Waals surface area (Å²) < 4.78 is 5.27. The number of aryl methyl sites for hydroxylation is 1. The molecule has 4 nitrogen and oxygen atoms in total. The Kier molecular flexibility index (Phi) is 6.17. The maximum absolute atomic E-state index is 12.3. The molecule has 0 saturated carbocycles. The van der Waals surface area contributed by atoms with Crippen molar-refractivity contribution >= 4 is 16.8 Å². The Balaban J connectivity index is 1.83. The van der Waals surface area contributed by atoms with Gasteiger partial charge in [0.25, 0.3) is 0 Å². The van der Waals surface area contributed by atoms with E-state index in [4.69, 9.17) is 4.74 Å². The smallest absolute Gasteiger partial charge is 0.220 e. The van der Waals surface area contributed by atoms with Crippen LogP contribution in [0.15, 0.2) is 48.5 Å². The average molecular weight is 364 g/mol. The summed E-state index contributed by atoms with van der Waals surface area (Å²) in [6, 6.07) is 16.3. The Morgan fingerprint density at radius 1 is 1.15 bits per heavy atom. The lowest BCUT2D eigenvalue weighted by Crippen LogP contribution is -2.28. The first-order chi connectivity index (χ1) is 13.1. The molecule has 3 aromatic rings. The SMILES string of the molecule is CCC(C)CNC(=O)CCc1c(-c2ccc(OC)cc2)[nH]c2ccccc12. The number of nitrogens with one attached hydrogen (secondary N) is 2. The van der Waals surface area contributed by atoms with Gasteiger partial charge >= 0.3 is 0 Å². The third-order valence-electron chi connectivity index (χ3n) is 5.14. The van der Waals surface area contributed by atoms with Gasteiger partial charge in [-0.05, 0) is 53.8 Å². The number of rotatable bonds is 8. The molecule has 142 valence electrons. The van der Waals surface area contributed by atoms with E-state index in [1.165, 1.54) is 10.9 Å². The molecule has 4 heteroatoms. The molecule has 0 aliphatic heterocycles. The van der Waals surface area contributed by atoms with E-state index in [-0.39, 0.29) is 5.91 Å². The molecule has 2 N–H and O–H groups in total. The zero-order chi connectivity index (χ0) is 19.2. The molecule has 0 spiro atoms. The molecule has 27 heavy (non-hydrogen) atoms. The molecule has 1 atom stereocenters. The Morgan fingerprint density at radius 3 is 2.59 bits per heavy atom. The van der Waals surface area contributed by atoms with Crippen molar-refractivity contribution in [1.82, 2.24) is 10.3 Å². The van der Waals surface area contributed by atoms with Crippen LogP contribution in [0.1, 0.15) is 32.3 Å². The second-order valence-corrected chi connectivity index (χ2v) is 7.07. The van der Waals surface area contributed by atoms with Gasteiger partial charge in [0.05, 0.1) is 7.11 Å². The van der Waals surface area contributed by atoms with Crippen molar-refractivity contribution in [3.05, 3.63) is 54.1 Å². The van der Waals surface area contributed by atoms with E-state index in [1.54, 1.807) is 7.11 Å². The fraction of sp³-hybridized carbons (Fsp3) is 0.348. The molecule has 1 amide bonds. The minimum atomic E-state index is 0.112. The molecule has 0 fully saturated rings. The van der Waals surface area contributed by atoms with Crippen LogP contribution in [0.25, 0.3) is 22.2 Å². The third kappa shape index (κ3) is 4.51. The number of aromatic amines is 1. The Bertz CT molecular complexity index is 896. The predicted octanol–water partition coefficient (Wildman–Crippen LogP) is 4.94. The minimum absolute atomic E-state index is 0.112. The van der Waals surface area contributed by atoms with Crippen molar-refractivity contribution in [1.29, 1.82) is 0 Å². The molecule has 1 aromatic heterocycles. The summed E-state index contributed by atoms with van der Waals surface area (Å²) in [6.07, 6.45) is 2.27. The van der Waals surface area contributed by atoms with Crippen LogP contribution in [0.2, 0.25) is 0 Å². The number of aromatic nitrogens is 1. The maximum Gasteiger partial charge on any atom is 0.220 e. The van der Waals surface area contributed by atoms with Crippen LogP contribution in [0.3, 0.4) is 0 Å². The van der Waals surface area contributed by atoms with Gasteiger partial charge in [-0.15, -0.1) is 0 Å². The first-order valence-corrected chi connectivity index (χ1v) is 9.63. The van der Waals surface area contributed by atoms with Gasteiger partial charge in [-0.3, -0.25) is 4.79 Å². The lowest BCUT2D eigenvalue weighted by molar-refractivity contribution is -0.121. The lowest BCUT2D eigenvalue weighted by Gasteiger charge is -2.10. The van der Waals surface area contributed by atoms with Crippen LogP contribution in [-0.4, -0.2) is 24.5 Å². The topological polar surface area (TPSA) is 54.1 Å². The zero-order valence-corrected chi connectivity index (χ0v) is 16.3. The van der Waals surface area contributed by atoms with Crippen molar-refractivity contribution in [3.63, 3.8) is 0 Å². The largest absolute Gasteiger partial charge is 0.497 e. The molecule has 0 radical (unpaired) electrons. The standard InChI is InChI=1S/C23H28N2O2/c1-4-16(2)15-24-22(26)14-13-20-19-7-5-6-8-21(19)25-23(20)17-9-11-18(27-3)12-10-17/h5-12,16,25H,4,13-15H2,1-3H3,(H,24,26). The highest BCUT2D eigenvalue weighted by molar-refractivity contribution is 5.91. The van der Waals surface area contributed by atoms with Crippen LogP contribution < -0.4 is 10.1 Å². The number of hydrogen-bond donors (Lipinski definition) is 2. The molecule has 2 aromatic carbocycles. The summed E-state index contributed by atoms with van der Waals surface area (Å²) in [5.74, 6) is 1.46. The third-order valence-corrected chi connectivity index (χ3v) is 5.14. The molecule has 3 rings (SSSR count). The molecule has 0 aliphatic rings. The van der Waals surface area contributed by atoms with Gasteiger partial charge in [0.2, 0.25) is 5.91 Å². The summed E-state index contributed by atoms with van der Waals surface area (Å²) in [5.41, 5.74) is 4.46. The van der Waals surface area contributed by atoms with E-state index in [0.717, 1.165) is 35.5 Å². The summed E-state index contributed by atoms with van der Waals surface area (Å²) in [7, 11) is 1.67. The quantitative estimate of drug-likeness (QED) is 0.595. The number of hydrogen-bond acceptors (Lipinski definition) is 2. The van der Waals surface area contributed by atoms with Crippen LogP contribution in [0, 0.1) is 5.92 Å². The molecule has 0 saturated heterocycles. The van der Waals surface area contributed by atoms with Gasteiger partial charge in [-0.2, -0.15) is 0 Å². The molecule has 0 bridgehead atoms. The number of H-pyrrole nitrogens is 1. The Morgan fingerprint density at radius 2 is 1.89 bits per heavy atom. The molecular weight excluding hydrogens is 336 g/mol. The monoisotopic (exact) mass is 364 g/mol. The van der Waals surface area contributed by atoms with Crippen molar-refractivity contribution in [3.8, 4) is 17.0 Å². The summed E-state index contributed by atoms with van der Waals surface area (Å²) in [5, 5.41) is 4.23. The predicted molar refractivity (Wildman–Crippen MR) is 111 cm³/mol. The van der Waals surface area contributed by atoms with E-state index in [0.29, 0.717) is 18.8 Å². The average Bonchev–Trinajstić information content (AvgIpc) is 3.09. The van der Waals surface area contributed by atoms with Gasteiger partial charge in [0.15, 0.2) is 0 Å². The van der Waals surface area contributed by atoms with Crippen LogP contribution >= 0.6 is 0 Å². The molecule has 1 heterocycles. The number of ether oxygens (including phenoxy) is 1. The second kappa shape index (κ2) is 8.76. The normalized spacial score (nSPS) is 12.1. The van der Waals surface area contributed by atoms with E-state index < -0.39 is 0 Å². The summed E-state index contributed by atoms with van der Waals surface area (Å²) in [6.45, 7) is 5.04. The second-order valence-electron chi connectivity index (χ2n) is 7.07. The van der Waals surface area contributed by atoms with E-state index in [2.05, 4.69) is 48.4 Å². The van der Waals surface area contributed by atoms with E-state index in [9.17, 15) is 4.79 Å². The first kappa shape index (κ1) is 19.0. The van der Waals surface area contributed by atoms with Crippen molar-refractivity contribution in [2.75, 3.05) is 13.7 Å². The number of methoxy groups -OCH3 is 1. The lowest BCUT2D eigenvalue weighted by atomic mass is 10.0. The van der Waals surface area contributed by atoms with Crippen LogP contribution in [0.4, 0.5) is 0 Å². The first-order valence-electron chi connectivity index (χ1n) is 9.63. The van der Waals surface area contributed by atoms with Gasteiger partial charge in [0.1, 0.15) is 5.75 Å². The van der Waals surface area contributed by atoms with Crippen LogP contribution in [0.5, 0.6) is 5.75 Å². The fourth-order valence-corrected chi connectivity index (χ4v) is 3.22. The number of benzene rings is 2. The van der Waals surface area contributed by atoms with Crippen molar-refractivity contribution in [2.24, 2.45) is 5.92 Å². The van der Waals surface area contributed by atoms with Gasteiger partial charge in [0, 0.05) is 29.6 Å². The van der Waals surface area contributed by atoms with Gasteiger partial charge < -0.3 is 15.0 Å². The number of fused-ring (bicyclic) bond motifs is 1. The van der Waals surface area contributed by atoms with Gasteiger partial charge in [-0.1, -0.05) is 38.5 Å². The highest BCUT2D eigenvalue weighted by atomic mass is 16.5. The number of carbonyl (C=O) groups is 1. The van der Waals surface area contributed by atoms with Crippen LogP contribution in [-0.2, 0) is 11.2 Å². The summed E-state index contributed by atoms with van der Waals surface area (Å²) >= 11 is 0. The fourth-order valence-electron chi connectivity index (χ4n) is 3.22. The highest BCUT2D eigenvalue weighted by Crippen LogP contribution is 2.32. The molecular formula is C23H28N2O2. The van der Waals surface area contributed by atoms with E-state index >= 15 is 0 Å². The number of amides is 1. The number of carbonyl (C=O) groups excluding carboxylic acids is 1. The molecule has 0 aliphatic carbocycles. The highest BCUT2D eigenvalue weighted by Gasteiger charge is 2.14. The minimum Gasteiger partial charge on any atom is -0.497 e.